The highest BCUT2D eigenvalue weighted by atomic mass is 16.5. The molecule has 2 aromatic rings. The highest BCUT2D eigenvalue weighted by Gasteiger charge is 2.07. The molecule has 0 aromatic heterocycles. The van der Waals surface area contributed by atoms with Crippen molar-refractivity contribution in [2.24, 2.45) is 0 Å². The predicted molar refractivity (Wildman–Crippen MR) is 123 cm³/mol. The summed E-state index contributed by atoms with van der Waals surface area (Å²) in [5.74, 6) is 1.91. The number of benzene rings is 2. The second-order valence-corrected chi connectivity index (χ2v) is 5.65. The number of ether oxygens (including phenoxy) is 1. The van der Waals surface area contributed by atoms with Crippen LogP contribution in [0.5, 0.6) is 11.5 Å². The average molecular weight is 375 g/mol. The summed E-state index contributed by atoms with van der Waals surface area (Å²) in [6, 6.07) is 15.5. The van der Waals surface area contributed by atoms with Gasteiger partial charge in [0.05, 0.1) is 6.10 Å². The molecule has 2 nitrogen and oxygen atoms in total. The van der Waals surface area contributed by atoms with Crippen molar-refractivity contribution in [3.05, 3.63) is 72.8 Å². The Morgan fingerprint density at radius 2 is 1.22 bits per heavy atom. The van der Waals surface area contributed by atoms with Crippen LogP contribution in [0, 0.1) is 6.92 Å². The van der Waals surface area contributed by atoms with Gasteiger partial charge in [-0.2, -0.15) is 0 Å². The Morgan fingerprint density at radius 1 is 0.778 bits per heavy atom. The molecule has 0 amide bonds. The molecule has 0 saturated carbocycles. The van der Waals surface area contributed by atoms with E-state index in [1.54, 1.807) is 6.07 Å². The van der Waals surface area contributed by atoms with E-state index in [2.05, 4.69) is 53.0 Å². The Bertz CT molecular complexity index is 539. The maximum atomic E-state index is 8.92. The van der Waals surface area contributed by atoms with Gasteiger partial charge in [-0.05, 0) is 49.9 Å². The van der Waals surface area contributed by atoms with Crippen molar-refractivity contribution in [1.82, 2.24) is 0 Å². The second-order valence-electron chi connectivity index (χ2n) is 5.65. The quantitative estimate of drug-likeness (QED) is 0.549. The first-order valence-electron chi connectivity index (χ1n) is 9.92. The van der Waals surface area contributed by atoms with Crippen molar-refractivity contribution in [3.8, 4) is 11.5 Å². The molecular formula is C25H42O2. The zero-order valence-corrected chi connectivity index (χ0v) is 19.0. The summed E-state index contributed by atoms with van der Waals surface area (Å²) in [4.78, 5) is 0. The lowest BCUT2D eigenvalue weighted by Crippen LogP contribution is -2.07. The molecule has 0 aliphatic heterocycles. The van der Waals surface area contributed by atoms with Crippen molar-refractivity contribution in [2.75, 3.05) is 0 Å². The number of hydrogen-bond donors (Lipinski definition) is 1. The smallest absolute Gasteiger partial charge is 0.123 e. The Morgan fingerprint density at radius 3 is 1.59 bits per heavy atom. The van der Waals surface area contributed by atoms with E-state index in [-0.39, 0.29) is 6.10 Å². The molecule has 2 rings (SSSR count). The molecule has 0 fully saturated rings. The molecule has 0 spiro atoms. The first kappa shape index (κ1) is 29.5. The molecule has 2 aromatic carbocycles. The van der Waals surface area contributed by atoms with Crippen molar-refractivity contribution in [1.29, 1.82) is 0 Å². The number of hydrogen-bond acceptors (Lipinski definition) is 2. The minimum Gasteiger partial charge on any atom is -0.508 e. The Kier molecular flexibility index (Phi) is 22.0. The summed E-state index contributed by atoms with van der Waals surface area (Å²) < 4.78 is 5.71. The van der Waals surface area contributed by atoms with Gasteiger partial charge < -0.3 is 9.84 Å². The first-order valence-corrected chi connectivity index (χ1v) is 9.92. The summed E-state index contributed by atoms with van der Waals surface area (Å²) >= 11 is 0. The third-order valence-electron chi connectivity index (χ3n) is 3.02. The number of para-hydroxylation sites is 2. The van der Waals surface area contributed by atoms with Crippen molar-refractivity contribution in [2.45, 2.75) is 74.3 Å². The van der Waals surface area contributed by atoms with Crippen molar-refractivity contribution in [3.63, 3.8) is 0 Å². The van der Waals surface area contributed by atoms with Crippen LogP contribution in [0.4, 0.5) is 0 Å². The standard InChI is InChI=1S/C12H18O.C7H8O.2C2H6.C2H4/c1-9(2)11-7-5-6-8-12(11)13-10(3)4;1-6-4-2-3-5-7(6)8;3*1-2/h5-10H,1-4H3;2-5,8H,1H3;2*1-2H3;1-2H2. The molecule has 2 heteroatoms. The molecule has 154 valence electrons. The number of rotatable bonds is 3. The van der Waals surface area contributed by atoms with Crippen LogP contribution < -0.4 is 4.74 Å². The average Bonchev–Trinajstić information content (AvgIpc) is 2.69. The number of phenols is 1. The lowest BCUT2D eigenvalue weighted by Gasteiger charge is -2.15. The number of aryl methyl sites for hydroxylation is 1. The highest BCUT2D eigenvalue weighted by Crippen LogP contribution is 2.26. The number of aromatic hydroxyl groups is 1. The largest absolute Gasteiger partial charge is 0.508 e. The van der Waals surface area contributed by atoms with Crippen LogP contribution in [0.15, 0.2) is 61.7 Å². The third kappa shape index (κ3) is 14.6. The molecule has 0 saturated heterocycles. The van der Waals surface area contributed by atoms with E-state index in [0.717, 1.165) is 11.3 Å². The van der Waals surface area contributed by atoms with Gasteiger partial charge in [0.1, 0.15) is 11.5 Å². The van der Waals surface area contributed by atoms with Gasteiger partial charge >= 0.3 is 0 Å². The zero-order chi connectivity index (χ0) is 21.8. The third-order valence-corrected chi connectivity index (χ3v) is 3.02. The molecule has 0 bridgehead atoms. The predicted octanol–water partition coefficient (Wildman–Crippen LogP) is 8.15. The lowest BCUT2D eigenvalue weighted by molar-refractivity contribution is 0.239. The summed E-state index contributed by atoms with van der Waals surface area (Å²) in [5, 5.41) is 8.92. The Labute approximate surface area is 168 Å². The maximum Gasteiger partial charge on any atom is 0.123 e. The van der Waals surface area contributed by atoms with E-state index in [4.69, 9.17) is 9.84 Å². The van der Waals surface area contributed by atoms with Gasteiger partial charge in [-0.15, -0.1) is 13.2 Å². The molecule has 0 heterocycles. The van der Waals surface area contributed by atoms with Crippen LogP contribution in [0.2, 0.25) is 0 Å². The number of phenolic OH excluding ortho intramolecular Hbond substituents is 1. The Hall–Kier alpha value is -2.22. The molecule has 0 aliphatic carbocycles. The monoisotopic (exact) mass is 374 g/mol. The minimum atomic E-state index is 0.250. The van der Waals surface area contributed by atoms with Gasteiger partial charge in [-0.1, -0.05) is 77.9 Å². The van der Waals surface area contributed by atoms with Gasteiger partial charge in [-0.25, -0.2) is 0 Å². The summed E-state index contributed by atoms with van der Waals surface area (Å²) in [6.45, 7) is 24.3. The highest BCUT2D eigenvalue weighted by molar-refractivity contribution is 5.35. The van der Waals surface area contributed by atoms with Crippen molar-refractivity contribution >= 4 is 0 Å². The van der Waals surface area contributed by atoms with E-state index < -0.39 is 0 Å². The molecule has 1 N–H and O–H groups in total. The van der Waals surface area contributed by atoms with E-state index in [0.29, 0.717) is 11.7 Å². The fraction of sp³-hybridized carbons (Fsp3) is 0.440. The maximum absolute atomic E-state index is 8.92. The summed E-state index contributed by atoms with van der Waals surface area (Å²) in [6.07, 6.45) is 0.250. The topological polar surface area (TPSA) is 29.5 Å². The van der Waals surface area contributed by atoms with E-state index >= 15 is 0 Å². The zero-order valence-electron chi connectivity index (χ0n) is 19.0. The molecule has 0 unspecified atom stereocenters. The molecule has 0 aliphatic rings. The van der Waals surface area contributed by atoms with E-state index in [9.17, 15) is 0 Å². The first-order chi connectivity index (χ1) is 12.9. The van der Waals surface area contributed by atoms with Crippen LogP contribution in [0.1, 0.15) is 72.4 Å². The van der Waals surface area contributed by atoms with Gasteiger partial charge in [-0.3, -0.25) is 0 Å². The van der Waals surface area contributed by atoms with Crippen LogP contribution in [-0.2, 0) is 0 Å². The molecule has 0 radical (unpaired) electrons. The van der Waals surface area contributed by atoms with Crippen LogP contribution in [-0.4, -0.2) is 11.2 Å². The molecule has 27 heavy (non-hydrogen) atoms. The van der Waals surface area contributed by atoms with Crippen molar-refractivity contribution < 1.29 is 9.84 Å². The van der Waals surface area contributed by atoms with Gasteiger partial charge in [0, 0.05) is 0 Å². The van der Waals surface area contributed by atoms with Crippen LogP contribution >= 0.6 is 0 Å². The molecular weight excluding hydrogens is 332 g/mol. The minimum absolute atomic E-state index is 0.250. The molecule has 0 atom stereocenters. The lowest BCUT2D eigenvalue weighted by atomic mass is 10.0. The van der Waals surface area contributed by atoms with Gasteiger partial charge in [0.2, 0.25) is 0 Å². The van der Waals surface area contributed by atoms with Gasteiger partial charge in [0.15, 0.2) is 0 Å². The van der Waals surface area contributed by atoms with Crippen LogP contribution in [0.3, 0.4) is 0 Å². The fourth-order valence-corrected chi connectivity index (χ4v) is 1.88. The second kappa shape index (κ2) is 20.1. The fourth-order valence-electron chi connectivity index (χ4n) is 1.88. The van der Waals surface area contributed by atoms with E-state index in [1.807, 2.05) is 65.0 Å². The SMILES string of the molecule is C=C.CC.CC.CC(C)Oc1ccccc1C(C)C.Cc1ccccc1O. The normalized spacial score (nSPS) is 8.56. The van der Waals surface area contributed by atoms with Crippen LogP contribution in [0.25, 0.3) is 0 Å². The van der Waals surface area contributed by atoms with E-state index in [1.165, 1.54) is 5.56 Å². The summed E-state index contributed by atoms with van der Waals surface area (Å²) in [5.41, 5.74) is 2.21. The Balaban J connectivity index is -0.000000353. The van der Waals surface area contributed by atoms with Gasteiger partial charge in [0.25, 0.3) is 0 Å². The summed E-state index contributed by atoms with van der Waals surface area (Å²) in [7, 11) is 0.